The van der Waals surface area contributed by atoms with Gasteiger partial charge in [-0.3, -0.25) is 9.36 Å². The Bertz CT molecular complexity index is 915. The molecule has 0 saturated heterocycles. The van der Waals surface area contributed by atoms with E-state index in [1.807, 2.05) is 6.07 Å². The molecule has 0 saturated carbocycles. The van der Waals surface area contributed by atoms with Gasteiger partial charge >= 0.3 is 0 Å². The number of amides is 1. The van der Waals surface area contributed by atoms with Gasteiger partial charge in [-0.05, 0) is 24.3 Å². The second kappa shape index (κ2) is 7.67. The second-order valence-corrected chi connectivity index (χ2v) is 6.38. The fraction of sp³-hybridized carbons (Fsp3) is 0.118. The van der Waals surface area contributed by atoms with Gasteiger partial charge in [-0.2, -0.15) is 0 Å². The lowest BCUT2D eigenvalue weighted by atomic mass is 10.2. The molecule has 3 rings (SSSR count). The van der Waals surface area contributed by atoms with Crippen molar-refractivity contribution in [3.63, 3.8) is 0 Å². The fourth-order valence-corrected chi connectivity index (χ4v) is 3.27. The van der Waals surface area contributed by atoms with Crippen molar-refractivity contribution in [1.29, 1.82) is 0 Å². The Kier molecular flexibility index (Phi) is 5.35. The van der Waals surface area contributed by atoms with Gasteiger partial charge in [0.05, 0.1) is 16.5 Å². The van der Waals surface area contributed by atoms with Gasteiger partial charge in [0.2, 0.25) is 5.91 Å². The van der Waals surface area contributed by atoms with Crippen LogP contribution in [0.25, 0.3) is 17.1 Å². The van der Waals surface area contributed by atoms with Gasteiger partial charge in [-0.15, -0.1) is 10.2 Å². The minimum absolute atomic E-state index is 0.144. The summed E-state index contributed by atoms with van der Waals surface area (Å²) in [5.74, 6) is -0.0223. The van der Waals surface area contributed by atoms with Gasteiger partial charge in [-0.1, -0.05) is 47.6 Å². The Hall–Kier alpha value is -2.38. The highest BCUT2D eigenvalue weighted by Gasteiger charge is 2.20. The molecule has 25 heavy (non-hydrogen) atoms. The lowest BCUT2D eigenvalue weighted by Crippen LogP contribution is -2.20. The van der Waals surface area contributed by atoms with Crippen LogP contribution >= 0.6 is 23.4 Å². The van der Waals surface area contributed by atoms with E-state index in [-0.39, 0.29) is 11.7 Å². The van der Waals surface area contributed by atoms with Crippen LogP contribution in [0.1, 0.15) is 0 Å². The summed E-state index contributed by atoms with van der Waals surface area (Å²) in [6.07, 6.45) is 0. The normalized spacial score (nSPS) is 10.7. The Morgan fingerprint density at radius 2 is 1.92 bits per heavy atom. The molecule has 0 unspecified atom stereocenters. The van der Waals surface area contributed by atoms with Gasteiger partial charge < -0.3 is 5.32 Å². The molecule has 8 heteroatoms. The zero-order valence-electron chi connectivity index (χ0n) is 13.2. The standard InChI is InChI=1S/C17H14ClFN4OS/c1-20-15(24)10-25-17-22-21-16(11-6-2-3-7-12(11)18)23(17)14-9-5-4-8-13(14)19/h2-9H,10H2,1H3,(H,20,24). The summed E-state index contributed by atoms with van der Waals surface area (Å²) < 4.78 is 16.0. The summed E-state index contributed by atoms with van der Waals surface area (Å²) in [5.41, 5.74) is 0.925. The van der Waals surface area contributed by atoms with E-state index in [9.17, 15) is 9.18 Å². The first kappa shape index (κ1) is 17.4. The zero-order chi connectivity index (χ0) is 17.8. The molecule has 0 atom stereocenters. The van der Waals surface area contributed by atoms with Gasteiger partial charge in [0.25, 0.3) is 0 Å². The minimum Gasteiger partial charge on any atom is -0.358 e. The van der Waals surface area contributed by atoms with Crippen molar-refractivity contribution in [1.82, 2.24) is 20.1 Å². The monoisotopic (exact) mass is 376 g/mol. The number of halogens is 2. The van der Waals surface area contributed by atoms with Gasteiger partial charge in [0, 0.05) is 12.6 Å². The predicted octanol–water partition coefficient (Wildman–Crippen LogP) is 3.56. The second-order valence-electron chi connectivity index (χ2n) is 5.03. The molecule has 1 amide bonds. The SMILES string of the molecule is CNC(=O)CSc1nnc(-c2ccccc2Cl)n1-c1ccccc1F. The van der Waals surface area contributed by atoms with Crippen molar-refractivity contribution in [2.45, 2.75) is 5.16 Å². The number of carbonyl (C=O) groups is 1. The molecule has 1 aromatic heterocycles. The van der Waals surface area contributed by atoms with Gasteiger partial charge in [0.15, 0.2) is 11.0 Å². The molecule has 2 aromatic carbocycles. The maximum atomic E-state index is 14.4. The average Bonchev–Trinajstić information content (AvgIpc) is 3.04. The first-order valence-electron chi connectivity index (χ1n) is 7.40. The molecule has 0 bridgehead atoms. The zero-order valence-corrected chi connectivity index (χ0v) is 14.8. The topological polar surface area (TPSA) is 59.8 Å². The maximum Gasteiger partial charge on any atom is 0.230 e. The first-order valence-corrected chi connectivity index (χ1v) is 8.76. The number of hydrogen-bond donors (Lipinski definition) is 1. The first-order chi connectivity index (χ1) is 12.1. The van der Waals surface area contributed by atoms with E-state index in [2.05, 4.69) is 15.5 Å². The number of rotatable bonds is 5. The molecule has 0 fully saturated rings. The number of nitrogens with one attached hydrogen (secondary N) is 1. The number of aromatic nitrogens is 3. The molecule has 1 N–H and O–H groups in total. The van der Waals surface area contributed by atoms with Crippen LogP contribution < -0.4 is 5.32 Å². The van der Waals surface area contributed by atoms with Crippen LogP contribution in [0, 0.1) is 5.82 Å². The number of thioether (sulfide) groups is 1. The van der Waals surface area contributed by atoms with Crippen molar-refractivity contribution in [3.8, 4) is 17.1 Å². The van der Waals surface area contributed by atoms with Crippen LogP contribution in [0.3, 0.4) is 0 Å². The highest BCUT2D eigenvalue weighted by molar-refractivity contribution is 7.99. The molecule has 0 aliphatic rings. The van der Waals surface area contributed by atoms with Crippen LogP contribution in [-0.2, 0) is 4.79 Å². The largest absolute Gasteiger partial charge is 0.358 e. The summed E-state index contributed by atoms with van der Waals surface area (Å²) >= 11 is 7.44. The number of carbonyl (C=O) groups excluding carboxylic acids is 1. The Morgan fingerprint density at radius 1 is 1.20 bits per heavy atom. The summed E-state index contributed by atoms with van der Waals surface area (Å²) in [6, 6.07) is 13.5. The number of para-hydroxylation sites is 1. The summed E-state index contributed by atoms with van der Waals surface area (Å²) in [6.45, 7) is 0. The van der Waals surface area contributed by atoms with E-state index in [4.69, 9.17) is 11.6 Å². The minimum atomic E-state index is -0.419. The van der Waals surface area contributed by atoms with Crippen LogP contribution in [0.15, 0.2) is 53.7 Å². The van der Waals surface area contributed by atoms with Crippen LogP contribution in [0.5, 0.6) is 0 Å². The van der Waals surface area contributed by atoms with Crippen molar-refractivity contribution >= 4 is 29.3 Å². The highest BCUT2D eigenvalue weighted by atomic mass is 35.5. The van der Waals surface area contributed by atoms with E-state index in [0.717, 1.165) is 0 Å². The summed E-state index contributed by atoms with van der Waals surface area (Å²) in [7, 11) is 1.56. The lowest BCUT2D eigenvalue weighted by Gasteiger charge is -2.11. The van der Waals surface area contributed by atoms with Gasteiger partial charge in [0.1, 0.15) is 5.82 Å². The quantitative estimate of drug-likeness (QED) is 0.691. The maximum absolute atomic E-state index is 14.4. The van der Waals surface area contributed by atoms with E-state index in [1.165, 1.54) is 17.8 Å². The molecule has 5 nitrogen and oxygen atoms in total. The molecular formula is C17H14ClFN4OS. The summed E-state index contributed by atoms with van der Waals surface area (Å²) in [5, 5.41) is 11.7. The Morgan fingerprint density at radius 3 is 2.64 bits per heavy atom. The molecule has 0 spiro atoms. The number of hydrogen-bond acceptors (Lipinski definition) is 4. The molecule has 128 valence electrons. The van der Waals surface area contributed by atoms with Crippen LogP contribution in [0.4, 0.5) is 4.39 Å². The molecule has 0 aliphatic carbocycles. The van der Waals surface area contributed by atoms with Crippen LogP contribution in [-0.4, -0.2) is 33.5 Å². The van der Waals surface area contributed by atoms with Crippen molar-refractivity contribution in [3.05, 3.63) is 59.4 Å². The number of benzene rings is 2. The third kappa shape index (κ3) is 3.67. The van der Waals surface area contributed by atoms with E-state index in [0.29, 0.717) is 27.3 Å². The molecule has 3 aromatic rings. The van der Waals surface area contributed by atoms with Crippen molar-refractivity contribution in [2.24, 2.45) is 0 Å². The fourth-order valence-electron chi connectivity index (χ4n) is 2.23. The Labute approximate surface area is 153 Å². The Balaban J connectivity index is 2.14. The average molecular weight is 377 g/mol. The van der Waals surface area contributed by atoms with Gasteiger partial charge in [-0.25, -0.2) is 4.39 Å². The number of nitrogens with zero attached hydrogens (tertiary/aromatic N) is 3. The third-order valence-electron chi connectivity index (χ3n) is 3.45. The van der Waals surface area contributed by atoms with Crippen LogP contribution in [0.2, 0.25) is 5.02 Å². The molecule has 1 heterocycles. The van der Waals surface area contributed by atoms with E-state index < -0.39 is 5.82 Å². The van der Waals surface area contributed by atoms with Crippen molar-refractivity contribution < 1.29 is 9.18 Å². The van der Waals surface area contributed by atoms with E-state index in [1.54, 1.807) is 48.0 Å². The molecular weight excluding hydrogens is 363 g/mol. The van der Waals surface area contributed by atoms with Crippen molar-refractivity contribution in [2.75, 3.05) is 12.8 Å². The van der Waals surface area contributed by atoms with E-state index >= 15 is 0 Å². The predicted molar refractivity (Wildman–Crippen MR) is 96.6 cm³/mol. The highest BCUT2D eigenvalue weighted by Crippen LogP contribution is 2.32. The lowest BCUT2D eigenvalue weighted by molar-refractivity contribution is -0.118. The smallest absolute Gasteiger partial charge is 0.230 e. The molecule has 0 aliphatic heterocycles. The summed E-state index contributed by atoms with van der Waals surface area (Å²) in [4.78, 5) is 11.5. The third-order valence-corrected chi connectivity index (χ3v) is 4.71. The molecule has 0 radical (unpaired) electrons.